The van der Waals surface area contributed by atoms with E-state index >= 15 is 0 Å². The summed E-state index contributed by atoms with van der Waals surface area (Å²) in [6.07, 6.45) is 5.64. The van der Waals surface area contributed by atoms with E-state index in [0.717, 1.165) is 0 Å². The first-order valence-electron chi connectivity index (χ1n) is 6.91. The number of terminal acetylenes is 1. The number of hydrogen-bond donors (Lipinski definition) is 3. The molecule has 0 aliphatic heterocycles. The van der Waals surface area contributed by atoms with Crippen LogP contribution in [0.15, 0.2) is 24.3 Å². The lowest BCUT2D eigenvalue weighted by Crippen LogP contribution is -2.41. The first-order valence-corrected chi connectivity index (χ1v) is 6.91. The van der Waals surface area contributed by atoms with Gasteiger partial charge in [-0.3, -0.25) is 0 Å². The number of aliphatic hydroxyl groups is 1. The van der Waals surface area contributed by atoms with Crippen LogP contribution in [0.2, 0.25) is 0 Å². The van der Waals surface area contributed by atoms with E-state index in [9.17, 15) is 4.79 Å². The number of nitrogens with one attached hydrogen (secondary N) is 2. The highest BCUT2D eigenvalue weighted by Gasteiger charge is 2.15. The maximum absolute atomic E-state index is 11.9. The SMILES string of the molecule is C#CCOc1ccc(NC(=O)N[C@@H](CCO)C(C)C)cc1. The summed E-state index contributed by atoms with van der Waals surface area (Å²) in [4.78, 5) is 11.9. The molecule has 1 rings (SSSR count). The van der Waals surface area contributed by atoms with E-state index in [-0.39, 0.29) is 31.2 Å². The number of hydrogen-bond acceptors (Lipinski definition) is 3. The van der Waals surface area contributed by atoms with Crippen LogP contribution in [0, 0.1) is 18.3 Å². The highest BCUT2D eigenvalue weighted by atomic mass is 16.5. The van der Waals surface area contributed by atoms with Crippen molar-refractivity contribution < 1.29 is 14.6 Å². The molecule has 0 heterocycles. The lowest BCUT2D eigenvalue weighted by Gasteiger charge is -2.21. The number of carbonyl (C=O) groups excluding carboxylic acids is 1. The zero-order chi connectivity index (χ0) is 15.7. The van der Waals surface area contributed by atoms with Crippen LogP contribution in [0.5, 0.6) is 5.75 Å². The number of carbonyl (C=O) groups is 1. The van der Waals surface area contributed by atoms with Gasteiger partial charge in [0.15, 0.2) is 0 Å². The maximum atomic E-state index is 11.9. The molecule has 0 saturated heterocycles. The van der Waals surface area contributed by atoms with Gasteiger partial charge in [-0.2, -0.15) is 0 Å². The number of benzene rings is 1. The van der Waals surface area contributed by atoms with E-state index < -0.39 is 0 Å². The summed E-state index contributed by atoms with van der Waals surface area (Å²) in [6.45, 7) is 4.26. The lowest BCUT2D eigenvalue weighted by molar-refractivity contribution is 0.227. The average Bonchev–Trinajstić information content (AvgIpc) is 2.46. The molecule has 2 amide bonds. The van der Waals surface area contributed by atoms with Gasteiger partial charge >= 0.3 is 6.03 Å². The first-order chi connectivity index (χ1) is 10.1. The van der Waals surface area contributed by atoms with Gasteiger partial charge in [-0.25, -0.2) is 4.79 Å². The minimum atomic E-state index is -0.292. The summed E-state index contributed by atoms with van der Waals surface area (Å²) in [5, 5.41) is 14.6. The number of aliphatic hydroxyl groups excluding tert-OH is 1. The molecule has 0 fully saturated rings. The number of ether oxygens (including phenoxy) is 1. The molecule has 0 saturated carbocycles. The van der Waals surface area contributed by atoms with Gasteiger partial charge in [-0.05, 0) is 36.6 Å². The Morgan fingerprint density at radius 3 is 2.57 bits per heavy atom. The Hall–Kier alpha value is -2.19. The van der Waals surface area contributed by atoms with Crippen molar-refractivity contribution in [3.63, 3.8) is 0 Å². The molecule has 114 valence electrons. The Morgan fingerprint density at radius 1 is 1.38 bits per heavy atom. The predicted octanol–water partition coefficient (Wildman–Crippen LogP) is 2.23. The van der Waals surface area contributed by atoms with E-state index in [1.807, 2.05) is 13.8 Å². The second-order valence-corrected chi connectivity index (χ2v) is 4.98. The molecule has 21 heavy (non-hydrogen) atoms. The van der Waals surface area contributed by atoms with E-state index in [0.29, 0.717) is 17.9 Å². The van der Waals surface area contributed by atoms with Crippen LogP contribution in [0.4, 0.5) is 10.5 Å². The van der Waals surface area contributed by atoms with E-state index in [1.54, 1.807) is 24.3 Å². The first kappa shape index (κ1) is 16.9. The van der Waals surface area contributed by atoms with Gasteiger partial charge in [0.2, 0.25) is 0 Å². The Balaban J connectivity index is 2.52. The molecule has 3 N–H and O–H groups in total. The molecule has 1 atom stereocenters. The molecule has 0 aliphatic rings. The molecule has 1 aromatic carbocycles. The van der Waals surface area contributed by atoms with Gasteiger partial charge < -0.3 is 20.5 Å². The summed E-state index contributed by atoms with van der Waals surface area (Å²) in [5.41, 5.74) is 0.659. The van der Waals surface area contributed by atoms with E-state index in [4.69, 9.17) is 16.3 Å². The lowest BCUT2D eigenvalue weighted by atomic mass is 10.0. The second-order valence-electron chi connectivity index (χ2n) is 4.98. The number of rotatable bonds is 7. The van der Waals surface area contributed by atoms with E-state index in [1.165, 1.54) is 0 Å². The Bertz CT molecular complexity index is 477. The third-order valence-electron chi connectivity index (χ3n) is 3.00. The minimum Gasteiger partial charge on any atom is -0.481 e. The van der Waals surface area contributed by atoms with Crippen molar-refractivity contribution in [2.24, 2.45) is 5.92 Å². The average molecular weight is 290 g/mol. The fourth-order valence-corrected chi connectivity index (χ4v) is 1.81. The van der Waals surface area contributed by atoms with Crippen LogP contribution in [0.25, 0.3) is 0 Å². The fourth-order valence-electron chi connectivity index (χ4n) is 1.81. The second kappa shape index (κ2) is 8.88. The third-order valence-corrected chi connectivity index (χ3v) is 3.00. The highest BCUT2D eigenvalue weighted by Crippen LogP contribution is 2.15. The summed E-state index contributed by atoms with van der Waals surface area (Å²) in [5.74, 6) is 3.29. The molecule has 0 aliphatic carbocycles. The predicted molar refractivity (Wildman–Crippen MR) is 83.3 cm³/mol. The fraction of sp³-hybridized carbons (Fsp3) is 0.438. The number of urea groups is 1. The molecule has 0 bridgehead atoms. The molecule has 0 unspecified atom stereocenters. The van der Waals surface area contributed by atoms with Crippen LogP contribution in [-0.2, 0) is 0 Å². The van der Waals surface area contributed by atoms with Crippen LogP contribution in [0.1, 0.15) is 20.3 Å². The topological polar surface area (TPSA) is 70.6 Å². The molecule has 1 aromatic rings. The molecular formula is C16H22N2O3. The summed E-state index contributed by atoms with van der Waals surface area (Å²) in [6, 6.07) is 6.60. The van der Waals surface area contributed by atoms with Gasteiger partial charge in [0.05, 0.1) is 0 Å². The van der Waals surface area contributed by atoms with Crippen molar-refractivity contribution in [3.05, 3.63) is 24.3 Å². The van der Waals surface area contributed by atoms with Crippen LogP contribution >= 0.6 is 0 Å². The van der Waals surface area contributed by atoms with Crippen LogP contribution in [0.3, 0.4) is 0 Å². The monoisotopic (exact) mass is 290 g/mol. The van der Waals surface area contributed by atoms with Crippen molar-refractivity contribution in [2.45, 2.75) is 26.3 Å². The quantitative estimate of drug-likeness (QED) is 0.674. The Kier molecular flexibility index (Phi) is 7.13. The van der Waals surface area contributed by atoms with Crippen molar-refractivity contribution in [2.75, 3.05) is 18.5 Å². The zero-order valence-corrected chi connectivity index (χ0v) is 12.4. The molecule has 0 spiro atoms. The highest BCUT2D eigenvalue weighted by molar-refractivity contribution is 5.89. The zero-order valence-electron chi connectivity index (χ0n) is 12.4. The van der Waals surface area contributed by atoms with Crippen molar-refractivity contribution in [1.29, 1.82) is 0 Å². The summed E-state index contributed by atoms with van der Waals surface area (Å²) < 4.78 is 5.25. The largest absolute Gasteiger partial charge is 0.481 e. The van der Waals surface area contributed by atoms with Crippen molar-refractivity contribution in [3.8, 4) is 18.1 Å². The van der Waals surface area contributed by atoms with E-state index in [2.05, 4.69) is 16.6 Å². The van der Waals surface area contributed by atoms with Crippen LogP contribution in [-0.4, -0.2) is 30.4 Å². The maximum Gasteiger partial charge on any atom is 0.319 e. The summed E-state index contributed by atoms with van der Waals surface area (Å²) >= 11 is 0. The van der Waals surface area contributed by atoms with Gasteiger partial charge in [0.1, 0.15) is 12.4 Å². The Morgan fingerprint density at radius 2 is 2.05 bits per heavy atom. The van der Waals surface area contributed by atoms with Gasteiger partial charge in [0.25, 0.3) is 0 Å². The molecule has 0 aromatic heterocycles. The number of anilines is 1. The smallest absolute Gasteiger partial charge is 0.319 e. The van der Waals surface area contributed by atoms with Gasteiger partial charge in [-0.15, -0.1) is 6.42 Å². The van der Waals surface area contributed by atoms with Gasteiger partial charge in [-0.1, -0.05) is 19.8 Å². The third kappa shape index (κ3) is 6.19. The Labute approximate surface area is 125 Å². The normalized spacial score (nSPS) is 11.6. The molecule has 5 nitrogen and oxygen atoms in total. The summed E-state index contributed by atoms with van der Waals surface area (Å²) in [7, 11) is 0. The standard InChI is InChI=1S/C16H22N2O3/c1-4-11-21-14-7-5-13(6-8-14)17-16(20)18-15(9-10-19)12(2)3/h1,5-8,12,15,19H,9-11H2,2-3H3,(H2,17,18,20)/t15-/m0/s1. The van der Waals surface area contributed by atoms with Crippen molar-refractivity contribution >= 4 is 11.7 Å². The van der Waals surface area contributed by atoms with Crippen molar-refractivity contribution in [1.82, 2.24) is 5.32 Å². The number of amides is 2. The molecular weight excluding hydrogens is 268 g/mol. The van der Waals surface area contributed by atoms with Gasteiger partial charge in [0, 0.05) is 18.3 Å². The van der Waals surface area contributed by atoms with Crippen LogP contribution < -0.4 is 15.4 Å². The minimum absolute atomic E-state index is 0.0460. The molecule has 0 radical (unpaired) electrons. The molecule has 5 heteroatoms.